The number of ether oxygens (including phenoxy) is 2. The van der Waals surface area contributed by atoms with Gasteiger partial charge in [-0.2, -0.15) is 9.78 Å². The Labute approximate surface area is 236 Å². The molecule has 0 bridgehead atoms. The summed E-state index contributed by atoms with van der Waals surface area (Å²) in [6.45, 7) is 12.8. The Kier molecular flexibility index (Phi) is 6.92. The van der Waals surface area contributed by atoms with Crippen molar-refractivity contribution in [2.75, 3.05) is 13.2 Å². The van der Waals surface area contributed by atoms with E-state index in [1.807, 2.05) is 65.8 Å². The van der Waals surface area contributed by atoms with E-state index in [2.05, 4.69) is 44.4 Å². The Balaban J connectivity index is 1.70. The molecule has 0 N–H and O–H groups in total. The molecule has 2 aromatic heterocycles. The van der Waals surface area contributed by atoms with Crippen LogP contribution in [-0.4, -0.2) is 45.0 Å². The summed E-state index contributed by atoms with van der Waals surface area (Å²) in [4.78, 5) is 25.8. The van der Waals surface area contributed by atoms with E-state index in [1.54, 1.807) is 6.20 Å². The molecule has 8 heteroatoms. The fourth-order valence-corrected chi connectivity index (χ4v) is 6.08. The molecular formula is C30H34IN3O4. The predicted molar refractivity (Wildman–Crippen MR) is 157 cm³/mol. The van der Waals surface area contributed by atoms with Crippen molar-refractivity contribution in [1.29, 1.82) is 0 Å². The minimum absolute atomic E-state index is 0.0500. The number of hydrogen-bond donors (Lipinski definition) is 0. The van der Waals surface area contributed by atoms with Gasteiger partial charge in [0, 0.05) is 50.3 Å². The van der Waals surface area contributed by atoms with Gasteiger partial charge in [-0.1, -0.05) is 20.8 Å². The van der Waals surface area contributed by atoms with Crippen LogP contribution >= 0.6 is 22.6 Å². The fourth-order valence-electron chi connectivity index (χ4n) is 4.96. The average molecular weight is 628 g/mol. The molecule has 1 aliphatic rings. The van der Waals surface area contributed by atoms with E-state index >= 15 is 0 Å². The zero-order valence-corrected chi connectivity index (χ0v) is 25.0. The van der Waals surface area contributed by atoms with Crippen LogP contribution in [0.1, 0.15) is 81.1 Å². The van der Waals surface area contributed by atoms with Gasteiger partial charge in [0.25, 0.3) is 5.91 Å². The molecule has 38 heavy (non-hydrogen) atoms. The van der Waals surface area contributed by atoms with Crippen LogP contribution in [0.4, 0.5) is 0 Å². The largest absolute Gasteiger partial charge is 0.456 e. The highest BCUT2D eigenvalue weighted by atomic mass is 127. The summed E-state index contributed by atoms with van der Waals surface area (Å²) < 4.78 is 16.2. The van der Waals surface area contributed by atoms with Gasteiger partial charge in [-0.25, -0.2) is 4.79 Å². The molecule has 1 fully saturated rings. The minimum atomic E-state index is -0.560. The molecular weight excluding hydrogens is 593 g/mol. The van der Waals surface area contributed by atoms with Crippen LogP contribution < -0.4 is 0 Å². The molecule has 7 nitrogen and oxygen atoms in total. The van der Waals surface area contributed by atoms with Gasteiger partial charge < -0.3 is 14.0 Å². The lowest BCUT2D eigenvalue weighted by Crippen LogP contribution is -2.27. The maximum atomic E-state index is 13.2. The van der Waals surface area contributed by atoms with Crippen molar-refractivity contribution in [1.82, 2.24) is 14.3 Å². The minimum Gasteiger partial charge on any atom is -0.456 e. The van der Waals surface area contributed by atoms with Crippen molar-refractivity contribution >= 4 is 56.3 Å². The first kappa shape index (κ1) is 26.9. The summed E-state index contributed by atoms with van der Waals surface area (Å²) in [6, 6.07) is 11.8. The van der Waals surface area contributed by atoms with Crippen LogP contribution in [0.15, 0.2) is 42.6 Å². The first-order valence-electron chi connectivity index (χ1n) is 13.0. The number of aromatic nitrogens is 3. The summed E-state index contributed by atoms with van der Waals surface area (Å²) in [5.74, 6) is -0.0534. The smallest absolute Gasteiger partial charge is 0.338 e. The van der Waals surface area contributed by atoms with Crippen LogP contribution in [0.5, 0.6) is 0 Å². The van der Waals surface area contributed by atoms with Crippen LogP contribution in [-0.2, 0) is 9.47 Å². The van der Waals surface area contributed by atoms with E-state index in [4.69, 9.17) is 9.47 Å². The number of hydrogen-bond acceptors (Lipinski definition) is 5. The highest BCUT2D eigenvalue weighted by Gasteiger charge is 2.29. The van der Waals surface area contributed by atoms with Gasteiger partial charge in [0.05, 0.1) is 22.8 Å². The second-order valence-electron chi connectivity index (χ2n) is 12.0. The van der Waals surface area contributed by atoms with Crippen molar-refractivity contribution in [2.24, 2.45) is 5.41 Å². The molecule has 0 spiro atoms. The Morgan fingerprint density at radius 1 is 1.00 bits per heavy atom. The summed E-state index contributed by atoms with van der Waals surface area (Å²) >= 11 is 2.46. The van der Waals surface area contributed by atoms with Crippen molar-refractivity contribution in [3.63, 3.8) is 0 Å². The number of esters is 1. The van der Waals surface area contributed by atoms with Crippen molar-refractivity contribution < 1.29 is 19.1 Å². The maximum absolute atomic E-state index is 13.2. The molecule has 1 saturated heterocycles. The molecule has 1 aliphatic heterocycles. The van der Waals surface area contributed by atoms with Crippen LogP contribution in [0, 0.1) is 8.99 Å². The molecule has 3 heterocycles. The van der Waals surface area contributed by atoms with Crippen LogP contribution in [0.3, 0.4) is 0 Å². The van der Waals surface area contributed by atoms with Gasteiger partial charge in [-0.15, -0.1) is 0 Å². The highest BCUT2D eigenvalue weighted by molar-refractivity contribution is 14.1. The maximum Gasteiger partial charge on any atom is 0.338 e. The lowest BCUT2D eigenvalue weighted by Gasteiger charge is -2.25. The fraction of sp³-hybridized carbons (Fsp3) is 0.433. The molecule has 0 amide bonds. The molecule has 0 atom stereocenters. The van der Waals surface area contributed by atoms with Gasteiger partial charge in [-0.05, 0) is 92.6 Å². The number of rotatable bonds is 3. The Morgan fingerprint density at radius 3 is 2.26 bits per heavy atom. The van der Waals surface area contributed by atoms with E-state index < -0.39 is 11.0 Å². The summed E-state index contributed by atoms with van der Waals surface area (Å²) in [7, 11) is 0. The van der Waals surface area contributed by atoms with Crippen molar-refractivity contribution in [3.8, 4) is 5.69 Å². The molecule has 2 aromatic carbocycles. The van der Waals surface area contributed by atoms with Gasteiger partial charge in [0.15, 0.2) is 0 Å². The zero-order valence-electron chi connectivity index (χ0n) is 22.8. The third kappa shape index (κ3) is 5.00. The number of carbonyl (C=O) groups is 2. The second-order valence-corrected chi connectivity index (χ2v) is 13.1. The second kappa shape index (κ2) is 9.79. The summed E-state index contributed by atoms with van der Waals surface area (Å²) in [5.41, 5.74) is 3.39. The lowest BCUT2D eigenvalue weighted by atomic mass is 9.95. The number of halogens is 1. The molecule has 200 valence electrons. The Hall–Kier alpha value is -2.72. The molecule has 4 aromatic rings. The number of fused-ring (bicyclic) bond motifs is 2. The molecule has 0 saturated carbocycles. The van der Waals surface area contributed by atoms with E-state index in [-0.39, 0.29) is 11.9 Å². The highest BCUT2D eigenvalue weighted by Crippen LogP contribution is 2.40. The van der Waals surface area contributed by atoms with Crippen molar-refractivity contribution in [2.45, 2.75) is 65.9 Å². The summed E-state index contributed by atoms with van der Waals surface area (Å²) in [5, 5.41) is 6.51. The molecule has 5 rings (SSSR count). The molecule has 0 radical (unpaired) electrons. The Morgan fingerprint density at radius 2 is 1.66 bits per heavy atom. The number of carbonyl (C=O) groups excluding carboxylic acids is 2. The molecule has 0 unspecified atom stereocenters. The first-order chi connectivity index (χ1) is 17.8. The van der Waals surface area contributed by atoms with Gasteiger partial charge in [-0.3, -0.25) is 4.79 Å². The zero-order chi connectivity index (χ0) is 27.4. The van der Waals surface area contributed by atoms with Gasteiger partial charge in [0.1, 0.15) is 5.60 Å². The SMILES string of the molecule is CC(C)(C)OC(=O)c1ccc(-n2c(C3CCOCC3)c(I)c3cc4cnn(C(=O)C(C)(C)C)c4cc32)cc1. The average Bonchev–Trinajstić information content (AvgIpc) is 3.39. The van der Waals surface area contributed by atoms with Crippen LogP contribution in [0.25, 0.3) is 27.5 Å². The van der Waals surface area contributed by atoms with Gasteiger partial charge >= 0.3 is 5.97 Å². The van der Waals surface area contributed by atoms with Gasteiger partial charge in [0.2, 0.25) is 0 Å². The van der Waals surface area contributed by atoms with E-state index in [9.17, 15) is 9.59 Å². The van der Waals surface area contributed by atoms with E-state index in [0.29, 0.717) is 11.5 Å². The van der Waals surface area contributed by atoms with E-state index in [1.165, 1.54) is 13.9 Å². The quantitative estimate of drug-likeness (QED) is 0.179. The normalized spacial score (nSPS) is 15.3. The standard InChI is InChI=1S/C30H34IN3O4/c1-29(2,3)28(36)34-23-16-24-22(15-20(23)17-32-34)25(31)26(18-11-13-37-14-12-18)33(24)21-9-7-19(8-10-21)27(35)38-30(4,5)6/h7-10,15-18H,11-14H2,1-6H3. The van der Waals surface area contributed by atoms with Crippen LogP contribution in [0.2, 0.25) is 0 Å². The molecule has 0 aliphatic carbocycles. The third-order valence-electron chi connectivity index (χ3n) is 6.83. The topological polar surface area (TPSA) is 75.3 Å². The predicted octanol–water partition coefficient (Wildman–Crippen LogP) is 7.12. The first-order valence-corrected chi connectivity index (χ1v) is 14.1. The van der Waals surface area contributed by atoms with Crippen molar-refractivity contribution in [3.05, 3.63) is 57.4 Å². The monoisotopic (exact) mass is 627 g/mol. The Bertz CT molecular complexity index is 1530. The third-order valence-corrected chi connectivity index (χ3v) is 7.96. The summed E-state index contributed by atoms with van der Waals surface area (Å²) in [6.07, 6.45) is 3.66. The number of nitrogens with zero attached hydrogens (tertiary/aromatic N) is 3. The number of benzene rings is 2. The van der Waals surface area contributed by atoms with E-state index in [0.717, 1.165) is 53.5 Å². The lowest BCUT2D eigenvalue weighted by molar-refractivity contribution is 0.00694.